The maximum Gasteiger partial charge on any atom is 0.254 e. The number of aromatic nitrogens is 1. The number of amides is 1. The second-order valence-electron chi connectivity index (χ2n) is 5.03. The number of halogens is 1. The first kappa shape index (κ1) is 15.3. The minimum atomic E-state index is -0.600. The molecule has 1 unspecified atom stereocenters. The van der Waals surface area contributed by atoms with Gasteiger partial charge in [-0.1, -0.05) is 23.7 Å². The Labute approximate surface area is 128 Å². The van der Waals surface area contributed by atoms with Gasteiger partial charge >= 0.3 is 0 Å². The summed E-state index contributed by atoms with van der Waals surface area (Å²) in [5.74, 6) is -0.261. The molecule has 0 radical (unpaired) electrons. The number of hydrogen-bond acceptors (Lipinski definition) is 2. The predicted molar refractivity (Wildman–Crippen MR) is 85.0 cm³/mol. The first-order valence-corrected chi connectivity index (χ1v) is 7.02. The van der Waals surface area contributed by atoms with Gasteiger partial charge in [-0.25, -0.2) is 0 Å². The van der Waals surface area contributed by atoms with Crippen LogP contribution in [0.15, 0.2) is 41.3 Å². The molecular weight excluding hydrogens is 288 g/mol. The molecule has 1 aromatic heterocycles. The topological polar surface area (TPSA) is 51.1 Å². The Hall–Kier alpha value is -2.07. The number of hydrogen-bond donors (Lipinski definition) is 1. The van der Waals surface area contributed by atoms with E-state index in [1.54, 1.807) is 44.3 Å². The van der Waals surface area contributed by atoms with E-state index in [0.29, 0.717) is 16.3 Å². The van der Waals surface area contributed by atoms with Crippen LogP contribution in [-0.4, -0.2) is 10.5 Å². The predicted octanol–water partition coefficient (Wildman–Crippen LogP) is 3.32. The summed E-state index contributed by atoms with van der Waals surface area (Å²) in [6.45, 7) is 5.30. The van der Waals surface area contributed by atoms with Crippen molar-refractivity contribution in [3.05, 3.63) is 63.0 Å². The molecule has 2 rings (SSSR count). The normalized spacial score (nSPS) is 12.0. The Balaban J connectivity index is 2.21. The molecule has 1 atom stereocenters. The largest absolute Gasteiger partial charge is 0.324 e. The number of aryl methyl sites for hydroxylation is 2. The van der Waals surface area contributed by atoms with Crippen LogP contribution in [0.5, 0.6) is 0 Å². The van der Waals surface area contributed by atoms with Crippen molar-refractivity contribution in [1.82, 2.24) is 4.57 Å². The van der Waals surface area contributed by atoms with Crippen LogP contribution in [0.25, 0.3) is 0 Å². The van der Waals surface area contributed by atoms with Crippen LogP contribution in [0.3, 0.4) is 0 Å². The molecule has 1 aromatic carbocycles. The maximum absolute atomic E-state index is 12.3. The first-order valence-electron chi connectivity index (χ1n) is 6.65. The summed E-state index contributed by atoms with van der Waals surface area (Å²) >= 11 is 6.03. The van der Waals surface area contributed by atoms with Crippen molar-refractivity contribution in [3.8, 4) is 0 Å². The van der Waals surface area contributed by atoms with E-state index in [0.717, 1.165) is 5.56 Å². The van der Waals surface area contributed by atoms with Crippen LogP contribution in [-0.2, 0) is 4.79 Å². The zero-order valence-corrected chi connectivity index (χ0v) is 12.9. The third kappa shape index (κ3) is 3.34. The molecule has 1 amide bonds. The van der Waals surface area contributed by atoms with Gasteiger partial charge < -0.3 is 9.88 Å². The zero-order chi connectivity index (χ0) is 15.6. The van der Waals surface area contributed by atoms with Crippen LogP contribution in [0.2, 0.25) is 5.02 Å². The summed E-state index contributed by atoms with van der Waals surface area (Å²) in [7, 11) is 0. The molecular formula is C16H17ClN2O2. The van der Waals surface area contributed by atoms with Gasteiger partial charge in [0, 0.05) is 22.5 Å². The number of nitrogens with one attached hydrogen (secondary N) is 1. The Morgan fingerprint density at radius 3 is 2.62 bits per heavy atom. The van der Waals surface area contributed by atoms with Crippen molar-refractivity contribution in [1.29, 1.82) is 0 Å². The summed E-state index contributed by atoms with van der Waals surface area (Å²) in [6.07, 6.45) is 1.61. The molecule has 5 heteroatoms. The van der Waals surface area contributed by atoms with Gasteiger partial charge in [-0.05, 0) is 44.5 Å². The van der Waals surface area contributed by atoms with Gasteiger partial charge in [0.05, 0.1) is 0 Å². The smallest absolute Gasteiger partial charge is 0.254 e. The molecule has 2 aromatic rings. The number of benzene rings is 1. The van der Waals surface area contributed by atoms with Gasteiger partial charge in [0.2, 0.25) is 5.91 Å². The summed E-state index contributed by atoms with van der Waals surface area (Å²) in [5, 5.41) is 3.36. The molecule has 0 saturated carbocycles. The molecule has 110 valence electrons. The summed E-state index contributed by atoms with van der Waals surface area (Å²) in [4.78, 5) is 24.3. The van der Waals surface area contributed by atoms with Crippen LogP contribution in [0.4, 0.5) is 5.69 Å². The van der Waals surface area contributed by atoms with E-state index in [-0.39, 0.29) is 11.5 Å². The first-order chi connectivity index (χ1) is 9.90. The lowest BCUT2D eigenvalue weighted by atomic mass is 10.2. The molecule has 4 nitrogen and oxygen atoms in total. The summed E-state index contributed by atoms with van der Waals surface area (Å²) < 4.78 is 1.42. The van der Waals surface area contributed by atoms with Crippen molar-refractivity contribution in [2.75, 3.05) is 5.32 Å². The Bertz CT molecular complexity index is 737. The van der Waals surface area contributed by atoms with Crippen molar-refractivity contribution in [2.24, 2.45) is 0 Å². The van der Waals surface area contributed by atoms with Crippen molar-refractivity contribution in [3.63, 3.8) is 0 Å². The molecule has 1 heterocycles. The summed E-state index contributed by atoms with van der Waals surface area (Å²) in [5.41, 5.74) is 2.00. The second-order valence-corrected chi connectivity index (χ2v) is 5.44. The Morgan fingerprint density at radius 1 is 1.24 bits per heavy atom. The van der Waals surface area contributed by atoms with E-state index in [1.807, 2.05) is 13.0 Å². The van der Waals surface area contributed by atoms with Crippen LogP contribution in [0.1, 0.15) is 24.1 Å². The van der Waals surface area contributed by atoms with Crippen molar-refractivity contribution in [2.45, 2.75) is 26.8 Å². The number of rotatable bonds is 3. The van der Waals surface area contributed by atoms with Gasteiger partial charge in [-0.3, -0.25) is 9.59 Å². The molecule has 0 aliphatic rings. The molecule has 0 fully saturated rings. The number of nitrogens with zero attached hydrogens (tertiary/aromatic N) is 1. The van der Waals surface area contributed by atoms with Crippen molar-refractivity contribution < 1.29 is 4.79 Å². The number of anilines is 1. The van der Waals surface area contributed by atoms with E-state index < -0.39 is 6.04 Å². The minimum absolute atomic E-state index is 0.165. The lowest BCUT2D eigenvalue weighted by Crippen LogP contribution is -2.32. The van der Waals surface area contributed by atoms with Crippen LogP contribution < -0.4 is 10.9 Å². The number of pyridine rings is 1. The molecule has 0 spiro atoms. The molecule has 21 heavy (non-hydrogen) atoms. The van der Waals surface area contributed by atoms with Crippen LogP contribution in [0, 0.1) is 13.8 Å². The Kier molecular flexibility index (Phi) is 4.48. The number of carbonyl (C=O) groups is 1. The highest BCUT2D eigenvalue weighted by Gasteiger charge is 2.16. The minimum Gasteiger partial charge on any atom is -0.324 e. The van der Waals surface area contributed by atoms with Gasteiger partial charge in [0.15, 0.2) is 0 Å². The van der Waals surface area contributed by atoms with E-state index in [4.69, 9.17) is 11.6 Å². The lowest BCUT2D eigenvalue weighted by Gasteiger charge is -2.16. The van der Waals surface area contributed by atoms with E-state index in [9.17, 15) is 9.59 Å². The highest BCUT2D eigenvalue weighted by Crippen LogP contribution is 2.20. The fourth-order valence-electron chi connectivity index (χ4n) is 1.97. The number of carbonyl (C=O) groups excluding carboxylic acids is 1. The van der Waals surface area contributed by atoms with E-state index in [1.165, 1.54) is 4.57 Å². The molecule has 0 aliphatic heterocycles. The van der Waals surface area contributed by atoms with Gasteiger partial charge in [0.1, 0.15) is 6.04 Å². The fraction of sp³-hybridized carbons (Fsp3) is 0.250. The second kappa shape index (κ2) is 6.14. The molecule has 1 N–H and O–H groups in total. The third-order valence-corrected chi connectivity index (χ3v) is 3.81. The molecule has 0 bridgehead atoms. The van der Waals surface area contributed by atoms with Gasteiger partial charge in [-0.2, -0.15) is 0 Å². The SMILES string of the molecule is Cc1ccc(NC(=O)C(C)n2cccc(C)c2=O)cc1Cl. The monoisotopic (exact) mass is 304 g/mol. The van der Waals surface area contributed by atoms with Crippen molar-refractivity contribution >= 4 is 23.2 Å². The highest BCUT2D eigenvalue weighted by atomic mass is 35.5. The standard InChI is InChI=1S/C16H17ClN2O2/c1-10-6-7-13(9-14(10)17)18-15(20)12(3)19-8-4-5-11(2)16(19)21/h4-9,12H,1-3H3,(H,18,20). The van der Waals surface area contributed by atoms with E-state index in [2.05, 4.69) is 5.32 Å². The van der Waals surface area contributed by atoms with Gasteiger partial charge in [0.25, 0.3) is 5.56 Å². The average molecular weight is 305 g/mol. The fourth-order valence-corrected chi connectivity index (χ4v) is 2.15. The van der Waals surface area contributed by atoms with Gasteiger partial charge in [-0.15, -0.1) is 0 Å². The van der Waals surface area contributed by atoms with E-state index >= 15 is 0 Å². The molecule has 0 saturated heterocycles. The maximum atomic E-state index is 12.3. The summed E-state index contributed by atoms with van der Waals surface area (Å²) in [6, 6.07) is 8.19. The average Bonchev–Trinajstić information content (AvgIpc) is 2.45. The molecule has 0 aliphatic carbocycles. The van der Waals surface area contributed by atoms with Crippen LogP contribution >= 0.6 is 11.6 Å². The zero-order valence-electron chi connectivity index (χ0n) is 12.2. The lowest BCUT2D eigenvalue weighted by molar-refractivity contribution is -0.118. The third-order valence-electron chi connectivity index (χ3n) is 3.40. The highest BCUT2D eigenvalue weighted by molar-refractivity contribution is 6.31. The quantitative estimate of drug-likeness (QED) is 0.945. The Morgan fingerprint density at radius 2 is 1.95 bits per heavy atom.